The fourth-order valence-corrected chi connectivity index (χ4v) is 4.56. The van der Waals surface area contributed by atoms with Gasteiger partial charge in [0.1, 0.15) is 23.7 Å². The van der Waals surface area contributed by atoms with Crippen LogP contribution in [0.4, 0.5) is 10.1 Å². The second-order valence-corrected chi connectivity index (χ2v) is 10.8. The molecule has 3 N–H and O–H groups in total. The summed E-state index contributed by atoms with van der Waals surface area (Å²) in [5, 5.41) is 10.4. The smallest absolute Gasteiger partial charge is 0.226 e. The first-order chi connectivity index (χ1) is 20.7. The van der Waals surface area contributed by atoms with E-state index in [0.717, 1.165) is 11.1 Å². The van der Waals surface area contributed by atoms with Gasteiger partial charge in [-0.3, -0.25) is 19.9 Å². The van der Waals surface area contributed by atoms with Gasteiger partial charge in [0.2, 0.25) is 5.91 Å². The van der Waals surface area contributed by atoms with Gasteiger partial charge in [-0.1, -0.05) is 13.8 Å². The number of H-pyrrole nitrogens is 2. The van der Waals surface area contributed by atoms with Crippen molar-refractivity contribution in [2.75, 3.05) is 32.6 Å². The first-order valence-electron chi connectivity index (χ1n) is 13.8. The Morgan fingerprint density at radius 1 is 0.977 bits per heavy atom. The van der Waals surface area contributed by atoms with Crippen LogP contribution < -0.4 is 10.1 Å². The van der Waals surface area contributed by atoms with Crippen LogP contribution in [0.3, 0.4) is 0 Å². The molecular formula is C31H30FN9O2. The monoisotopic (exact) mass is 579 g/mol. The molecule has 0 fully saturated rings. The zero-order chi connectivity index (χ0) is 30.1. The Morgan fingerprint density at radius 2 is 1.81 bits per heavy atom. The van der Waals surface area contributed by atoms with Gasteiger partial charge in [0.25, 0.3) is 0 Å². The molecule has 11 nitrogen and oxygen atoms in total. The summed E-state index contributed by atoms with van der Waals surface area (Å²) in [6.45, 7) is 4.79. The van der Waals surface area contributed by atoms with Gasteiger partial charge in [-0.25, -0.2) is 14.4 Å². The van der Waals surface area contributed by atoms with Gasteiger partial charge in [-0.2, -0.15) is 5.10 Å². The Labute approximate surface area is 246 Å². The maximum atomic E-state index is 14.6. The molecule has 0 bridgehead atoms. The molecule has 0 unspecified atom stereocenters. The van der Waals surface area contributed by atoms with Gasteiger partial charge in [0.15, 0.2) is 11.5 Å². The minimum atomic E-state index is -0.414. The van der Waals surface area contributed by atoms with E-state index in [1.807, 2.05) is 51.0 Å². The number of nitrogens with one attached hydrogen (secondary N) is 3. The molecule has 0 aliphatic carbocycles. The first-order valence-corrected chi connectivity index (χ1v) is 13.8. The van der Waals surface area contributed by atoms with Crippen LogP contribution >= 0.6 is 0 Å². The highest BCUT2D eigenvalue weighted by Crippen LogP contribution is 2.33. The van der Waals surface area contributed by atoms with Gasteiger partial charge in [0, 0.05) is 42.0 Å². The molecule has 1 aromatic carbocycles. The Bertz CT molecular complexity index is 1950. The highest BCUT2D eigenvalue weighted by atomic mass is 19.1. The number of nitrogens with zero attached hydrogens (tertiary/aromatic N) is 6. The molecule has 12 heteroatoms. The number of carbonyl (C=O) groups is 1. The van der Waals surface area contributed by atoms with Crippen LogP contribution in [0.2, 0.25) is 0 Å². The minimum Gasteiger partial charge on any atom is -0.492 e. The first kappa shape index (κ1) is 27.9. The third-order valence-corrected chi connectivity index (χ3v) is 6.84. The van der Waals surface area contributed by atoms with E-state index in [9.17, 15) is 9.18 Å². The molecule has 0 saturated carbocycles. The number of aromatic amines is 2. The lowest BCUT2D eigenvalue weighted by molar-refractivity contribution is -0.118. The number of aromatic nitrogens is 7. The van der Waals surface area contributed by atoms with E-state index < -0.39 is 5.82 Å². The molecule has 218 valence electrons. The number of benzene rings is 1. The van der Waals surface area contributed by atoms with Crippen molar-refractivity contribution in [2.24, 2.45) is 5.92 Å². The fraction of sp³-hybridized carbons (Fsp3) is 0.226. The topological polar surface area (TPSA) is 138 Å². The number of imidazole rings is 1. The summed E-state index contributed by atoms with van der Waals surface area (Å²) < 4.78 is 20.4. The van der Waals surface area contributed by atoms with Crippen molar-refractivity contribution in [3.05, 3.63) is 67.0 Å². The van der Waals surface area contributed by atoms with Crippen molar-refractivity contribution < 1.29 is 13.9 Å². The SMILES string of the molecule is CC(C)C(=O)Nc1cncc(-c2ccc3[nH]nc(-c4nc5c(-c6cc(F)cc(OCCN(C)C)c6)cncc5[nH]4)c3n2)c1. The number of rotatable bonds is 9. The molecule has 43 heavy (non-hydrogen) atoms. The van der Waals surface area contributed by atoms with Crippen molar-refractivity contribution in [3.8, 4) is 39.7 Å². The van der Waals surface area contributed by atoms with Gasteiger partial charge in [-0.05, 0) is 50.0 Å². The van der Waals surface area contributed by atoms with Crippen molar-refractivity contribution in [3.63, 3.8) is 0 Å². The summed E-state index contributed by atoms with van der Waals surface area (Å²) in [6.07, 6.45) is 6.61. The van der Waals surface area contributed by atoms with Crippen molar-refractivity contribution in [2.45, 2.75) is 13.8 Å². The molecule has 5 heterocycles. The Hall–Kier alpha value is -5.23. The van der Waals surface area contributed by atoms with Crippen molar-refractivity contribution in [1.29, 1.82) is 0 Å². The minimum absolute atomic E-state index is 0.0930. The number of hydrogen-bond acceptors (Lipinski definition) is 8. The summed E-state index contributed by atoms with van der Waals surface area (Å²) in [5.41, 5.74) is 6.35. The third kappa shape index (κ3) is 5.90. The van der Waals surface area contributed by atoms with Crippen molar-refractivity contribution >= 4 is 33.7 Å². The standard InChI is InChI=1S/C31H30FN9O2/c1-17(2)31(42)35-21-10-19(13-33-14-21)24-5-6-25-28(36-24)29(40-39-25)30-37-26-16-34-15-23(27(26)38-30)18-9-20(32)12-22(11-18)43-8-7-41(3)4/h5-6,9-17H,7-8H2,1-4H3,(H,35,42)(H,37,38)(H,39,40). The summed E-state index contributed by atoms with van der Waals surface area (Å²) in [4.78, 5) is 35.8. The van der Waals surface area contributed by atoms with E-state index >= 15 is 0 Å². The van der Waals surface area contributed by atoms with Gasteiger partial charge in [0.05, 0.1) is 40.3 Å². The molecule has 0 saturated heterocycles. The Morgan fingerprint density at radius 3 is 2.63 bits per heavy atom. The van der Waals surface area contributed by atoms with E-state index in [1.54, 1.807) is 30.9 Å². The third-order valence-electron chi connectivity index (χ3n) is 6.84. The number of hydrogen-bond donors (Lipinski definition) is 3. The Balaban J connectivity index is 1.36. The van der Waals surface area contributed by atoms with Crippen LogP contribution in [0, 0.1) is 11.7 Å². The van der Waals surface area contributed by atoms with Crippen LogP contribution in [0.1, 0.15) is 13.8 Å². The number of amides is 1. The zero-order valence-electron chi connectivity index (χ0n) is 24.1. The zero-order valence-corrected chi connectivity index (χ0v) is 24.1. The lowest BCUT2D eigenvalue weighted by Gasteiger charge is -2.12. The van der Waals surface area contributed by atoms with Crippen LogP contribution in [-0.4, -0.2) is 73.2 Å². The quantitative estimate of drug-likeness (QED) is 0.210. The molecule has 0 aliphatic rings. The lowest BCUT2D eigenvalue weighted by atomic mass is 10.1. The lowest BCUT2D eigenvalue weighted by Crippen LogP contribution is -2.19. The highest BCUT2D eigenvalue weighted by Gasteiger charge is 2.18. The summed E-state index contributed by atoms with van der Waals surface area (Å²) in [5.74, 6) is 0.250. The molecule has 0 aliphatic heterocycles. The second-order valence-electron chi connectivity index (χ2n) is 10.8. The maximum Gasteiger partial charge on any atom is 0.226 e. The molecule has 0 spiro atoms. The number of carbonyl (C=O) groups excluding carboxylic acids is 1. The Kier molecular flexibility index (Phi) is 7.51. The van der Waals surface area contributed by atoms with Gasteiger partial charge < -0.3 is 19.9 Å². The van der Waals surface area contributed by atoms with E-state index in [-0.39, 0.29) is 11.8 Å². The van der Waals surface area contributed by atoms with Crippen LogP contribution in [-0.2, 0) is 4.79 Å². The molecule has 0 atom stereocenters. The van der Waals surface area contributed by atoms with E-state index in [4.69, 9.17) is 14.7 Å². The van der Waals surface area contributed by atoms with Crippen molar-refractivity contribution in [1.82, 2.24) is 40.0 Å². The average Bonchev–Trinajstić information content (AvgIpc) is 3.60. The fourth-order valence-electron chi connectivity index (χ4n) is 4.56. The second kappa shape index (κ2) is 11.6. The largest absolute Gasteiger partial charge is 0.492 e. The number of likely N-dealkylation sites (N-methyl/N-ethyl adjacent to an activating group) is 1. The molecule has 1 amide bonds. The van der Waals surface area contributed by atoms with Gasteiger partial charge in [-0.15, -0.1) is 0 Å². The van der Waals surface area contributed by atoms with E-state index in [1.165, 1.54) is 12.1 Å². The molecule has 0 radical (unpaired) electrons. The number of fused-ring (bicyclic) bond motifs is 2. The molecule has 6 rings (SSSR count). The number of ether oxygens (including phenoxy) is 1. The number of pyridine rings is 3. The van der Waals surface area contributed by atoms with E-state index in [0.29, 0.717) is 69.5 Å². The highest BCUT2D eigenvalue weighted by molar-refractivity contribution is 5.96. The van der Waals surface area contributed by atoms with Crippen LogP contribution in [0.15, 0.2) is 61.2 Å². The normalized spacial score (nSPS) is 11.6. The van der Waals surface area contributed by atoms with E-state index in [2.05, 4.69) is 30.5 Å². The summed E-state index contributed by atoms with van der Waals surface area (Å²) >= 11 is 0. The van der Waals surface area contributed by atoms with Crippen LogP contribution in [0.5, 0.6) is 5.75 Å². The summed E-state index contributed by atoms with van der Waals surface area (Å²) in [7, 11) is 3.90. The summed E-state index contributed by atoms with van der Waals surface area (Å²) in [6, 6.07) is 10.2. The predicted octanol–water partition coefficient (Wildman–Crippen LogP) is 5.30. The molecule has 6 aromatic rings. The maximum absolute atomic E-state index is 14.6. The average molecular weight is 580 g/mol. The molecule has 5 aromatic heterocycles. The number of anilines is 1. The molecular weight excluding hydrogens is 549 g/mol. The predicted molar refractivity (Wildman–Crippen MR) is 163 cm³/mol. The van der Waals surface area contributed by atoms with Gasteiger partial charge >= 0.3 is 0 Å². The number of halogens is 1. The van der Waals surface area contributed by atoms with Crippen LogP contribution in [0.25, 0.3) is 56.0 Å².